The lowest BCUT2D eigenvalue weighted by atomic mass is 10.1. The summed E-state index contributed by atoms with van der Waals surface area (Å²) in [5.41, 5.74) is 3.05. The summed E-state index contributed by atoms with van der Waals surface area (Å²) in [7, 11) is 1.39. The van der Waals surface area contributed by atoms with E-state index < -0.39 is 5.82 Å². The summed E-state index contributed by atoms with van der Waals surface area (Å²) >= 11 is 0. The molecule has 0 atom stereocenters. The fourth-order valence-electron chi connectivity index (χ4n) is 3.15. The Morgan fingerprint density at radius 3 is 2.59 bits per heavy atom. The first kappa shape index (κ1) is 17.3. The zero-order valence-electron chi connectivity index (χ0n) is 15.2. The number of rotatable bonds is 5. The van der Waals surface area contributed by atoms with Gasteiger partial charge in [-0.1, -0.05) is 18.2 Å². The van der Waals surface area contributed by atoms with Crippen molar-refractivity contribution in [3.05, 3.63) is 71.2 Å². The van der Waals surface area contributed by atoms with E-state index in [4.69, 9.17) is 9.84 Å². The molecule has 2 aromatic carbocycles. The van der Waals surface area contributed by atoms with Gasteiger partial charge in [0.1, 0.15) is 5.82 Å². The van der Waals surface area contributed by atoms with Crippen molar-refractivity contribution < 1.29 is 13.9 Å². The quantitative estimate of drug-likeness (QED) is 0.726. The van der Waals surface area contributed by atoms with Crippen molar-refractivity contribution in [3.63, 3.8) is 0 Å². The van der Waals surface area contributed by atoms with Gasteiger partial charge in [0.15, 0.2) is 11.6 Å². The van der Waals surface area contributed by atoms with Gasteiger partial charge >= 0.3 is 0 Å². The maximum atomic E-state index is 14.0. The van der Waals surface area contributed by atoms with Crippen molar-refractivity contribution in [3.8, 4) is 11.4 Å². The fraction of sp³-hybridized carbons (Fsp3) is 0.238. The van der Waals surface area contributed by atoms with E-state index in [9.17, 15) is 9.18 Å². The van der Waals surface area contributed by atoms with Crippen LogP contribution in [0.1, 0.15) is 40.4 Å². The van der Waals surface area contributed by atoms with Crippen LogP contribution in [0, 0.1) is 12.7 Å². The molecule has 0 aliphatic heterocycles. The SMILES string of the molecule is COc1ccc(C(=O)Nc2c(C)c(C3CC3)nn2-c2ccccc2)cc1F. The molecule has 1 N–H and O–H groups in total. The van der Waals surface area contributed by atoms with Gasteiger partial charge in [-0.15, -0.1) is 0 Å². The molecule has 0 bridgehead atoms. The second kappa shape index (κ2) is 6.87. The zero-order chi connectivity index (χ0) is 19.0. The molecule has 4 rings (SSSR count). The number of nitrogens with zero attached hydrogens (tertiary/aromatic N) is 2. The number of nitrogens with one attached hydrogen (secondary N) is 1. The van der Waals surface area contributed by atoms with Gasteiger partial charge in [-0.2, -0.15) is 5.10 Å². The average molecular weight is 365 g/mol. The number of benzene rings is 2. The smallest absolute Gasteiger partial charge is 0.256 e. The normalized spacial score (nSPS) is 13.4. The Morgan fingerprint density at radius 2 is 1.96 bits per heavy atom. The Morgan fingerprint density at radius 1 is 1.22 bits per heavy atom. The van der Waals surface area contributed by atoms with Crippen molar-refractivity contribution in [2.45, 2.75) is 25.7 Å². The van der Waals surface area contributed by atoms with E-state index in [1.54, 1.807) is 4.68 Å². The number of carbonyl (C=O) groups is 1. The molecule has 0 spiro atoms. The van der Waals surface area contributed by atoms with E-state index in [0.29, 0.717) is 11.7 Å². The van der Waals surface area contributed by atoms with Crippen molar-refractivity contribution >= 4 is 11.7 Å². The lowest BCUT2D eigenvalue weighted by Crippen LogP contribution is -2.16. The highest BCUT2D eigenvalue weighted by molar-refractivity contribution is 6.04. The van der Waals surface area contributed by atoms with Crippen LogP contribution >= 0.6 is 0 Å². The molecule has 1 saturated carbocycles. The van der Waals surface area contributed by atoms with Crippen LogP contribution in [0.3, 0.4) is 0 Å². The maximum Gasteiger partial charge on any atom is 0.256 e. The summed E-state index contributed by atoms with van der Waals surface area (Å²) in [5, 5.41) is 7.66. The van der Waals surface area contributed by atoms with Crippen LogP contribution in [0.15, 0.2) is 48.5 Å². The third kappa shape index (κ3) is 3.30. The van der Waals surface area contributed by atoms with Crippen LogP contribution in [-0.2, 0) is 0 Å². The summed E-state index contributed by atoms with van der Waals surface area (Å²) in [4.78, 5) is 12.7. The molecule has 0 unspecified atom stereocenters. The average Bonchev–Trinajstić information content (AvgIpc) is 3.48. The number of carbonyl (C=O) groups excluding carboxylic acids is 1. The van der Waals surface area contributed by atoms with E-state index in [1.807, 2.05) is 37.3 Å². The minimum Gasteiger partial charge on any atom is -0.494 e. The third-order valence-corrected chi connectivity index (χ3v) is 4.77. The Kier molecular flexibility index (Phi) is 4.39. The lowest BCUT2D eigenvalue weighted by Gasteiger charge is -2.11. The van der Waals surface area contributed by atoms with Crippen LogP contribution < -0.4 is 10.1 Å². The van der Waals surface area contributed by atoms with Crippen molar-refractivity contribution in [2.75, 3.05) is 12.4 Å². The molecule has 1 heterocycles. The van der Waals surface area contributed by atoms with Gasteiger partial charge in [0.25, 0.3) is 5.91 Å². The van der Waals surface area contributed by atoms with Gasteiger partial charge < -0.3 is 10.1 Å². The number of hydrogen-bond acceptors (Lipinski definition) is 3. The minimum absolute atomic E-state index is 0.105. The molecule has 138 valence electrons. The van der Waals surface area contributed by atoms with Crippen molar-refractivity contribution in [2.24, 2.45) is 0 Å². The largest absolute Gasteiger partial charge is 0.494 e. The van der Waals surface area contributed by atoms with Gasteiger partial charge in [0.2, 0.25) is 0 Å². The standard InChI is InChI=1S/C21H20FN3O2/c1-13-19(14-8-9-14)24-25(16-6-4-3-5-7-16)20(13)23-21(26)15-10-11-18(27-2)17(22)12-15/h3-7,10-12,14H,8-9H2,1-2H3,(H,23,26). The molecule has 3 aromatic rings. The molecule has 1 aliphatic carbocycles. The number of amides is 1. The van der Waals surface area contributed by atoms with Crippen LogP contribution in [-0.4, -0.2) is 22.8 Å². The van der Waals surface area contributed by atoms with Gasteiger partial charge in [0, 0.05) is 17.0 Å². The van der Waals surface area contributed by atoms with Crippen LogP contribution in [0.5, 0.6) is 5.75 Å². The van der Waals surface area contributed by atoms with Crippen molar-refractivity contribution in [1.82, 2.24) is 9.78 Å². The highest BCUT2D eigenvalue weighted by Gasteiger charge is 2.31. The Bertz CT molecular complexity index is 994. The van der Waals surface area contributed by atoms with E-state index in [2.05, 4.69) is 5.32 Å². The predicted molar refractivity (Wildman–Crippen MR) is 101 cm³/mol. The van der Waals surface area contributed by atoms with Crippen LogP contribution in [0.4, 0.5) is 10.2 Å². The fourth-order valence-corrected chi connectivity index (χ4v) is 3.15. The summed E-state index contributed by atoms with van der Waals surface area (Å²) in [5.74, 6) is 0.206. The first-order valence-corrected chi connectivity index (χ1v) is 8.88. The molecule has 5 nitrogen and oxygen atoms in total. The molecular weight excluding hydrogens is 345 g/mol. The molecule has 1 aromatic heterocycles. The number of halogens is 1. The lowest BCUT2D eigenvalue weighted by molar-refractivity contribution is 0.102. The highest BCUT2D eigenvalue weighted by atomic mass is 19.1. The first-order valence-electron chi connectivity index (χ1n) is 8.88. The van der Waals surface area contributed by atoms with Gasteiger partial charge in [-0.05, 0) is 50.1 Å². The number of methoxy groups -OCH3 is 1. The predicted octanol–water partition coefficient (Wildman–Crippen LogP) is 4.46. The van der Waals surface area contributed by atoms with E-state index in [-0.39, 0.29) is 17.2 Å². The van der Waals surface area contributed by atoms with Gasteiger partial charge in [0.05, 0.1) is 18.5 Å². The summed E-state index contributed by atoms with van der Waals surface area (Å²) in [6.07, 6.45) is 2.23. The number of aromatic nitrogens is 2. The van der Waals surface area contributed by atoms with Crippen molar-refractivity contribution in [1.29, 1.82) is 0 Å². The third-order valence-electron chi connectivity index (χ3n) is 4.77. The monoisotopic (exact) mass is 365 g/mol. The maximum absolute atomic E-state index is 14.0. The molecular formula is C21H20FN3O2. The molecule has 0 saturated heterocycles. The highest BCUT2D eigenvalue weighted by Crippen LogP contribution is 2.43. The zero-order valence-corrected chi connectivity index (χ0v) is 15.2. The Balaban J connectivity index is 1.70. The van der Waals surface area contributed by atoms with Gasteiger partial charge in [-0.3, -0.25) is 4.79 Å². The first-order chi connectivity index (χ1) is 13.1. The second-order valence-electron chi connectivity index (χ2n) is 6.68. The van der Waals surface area contributed by atoms with E-state index in [1.165, 1.54) is 25.3 Å². The number of hydrogen-bond donors (Lipinski definition) is 1. The summed E-state index contributed by atoms with van der Waals surface area (Å²) < 4.78 is 20.6. The summed E-state index contributed by atoms with van der Waals surface area (Å²) in [6, 6.07) is 13.8. The molecule has 27 heavy (non-hydrogen) atoms. The number of para-hydroxylation sites is 1. The number of anilines is 1. The van der Waals surface area contributed by atoms with Crippen LogP contribution in [0.25, 0.3) is 5.69 Å². The number of ether oxygens (including phenoxy) is 1. The molecule has 1 aliphatic rings. The van der Waals surface area contributed by atoms with Crippen LogP contribution in [0.2, 0.25) is 0 Å². The summed E-state index contributed by atoms with van der Waals surface area (Å²) in [6.45, 7) is 1.96. The van der Waals surface area contributed by atoms with E-state index in [0.717, 1.165) is 29.8 Å². The topological polar surface area (TPSA) is 56.1 Å². The molecule has 0 radical (unpaired) electrons. The minimum atomic E-state index is -0.572. The molecule has 1 amide bonds. The Hall–Kier alpha value is -3.15. The van der Waals surface area contributed by atoms with E-state index >= 15 is 0 Å². The molecule has 1 fully saturated rings. The second-order valence-corrected chi connectivity index (χ2v) is 6.68. The van der Waals surface area contributed by atoms with Gasteiger partial charge in [-0.25, -0.2) is 9.07 Å². The Labute approximate surface area is 156 Å². The molecule has 6 heteroatoms.